The van der Waals surface area contributed by atoms with Gasteiger partial charge in [-0.1, -0.05) is 23.2 Å². The van der Waals surface area contributed by atoms with Crippen molar-refractivity contribution in [2.75, 3.05) is 36.4 Å². The molecule has 5 nitrogen and oxygen atoms in total. The highest BCUT2D eigenvalue weighted by Gasteiger charge is 2.26. The SMILES string of the molecule is CC(=O)c1ccc(N2CCN(C(C)C(=O)Nc3cc(Cl)cc(Cl)c3)CC2)cc1. The quantitative estimate of drug-likeness (QED) is 0.731. The van der Waals surface area contributed by atoms with Gasteiger partial charge < -0.3 is 10.2 Å². The highest BCUT2D eigenvalue weighted by atomic mass is 35.5. The van der Waals surface area contributed by atoms with Crippen molar-refractivity contribution >= 4 is 46.3 Å². The van der Waals surface area contributed by atoms with Gasteiger partial charge >= 0.3 is 0 Å². The number of hydrogen-bond donors (Lipinski definition) is 1. The fraction of sp³-hybridized carbons (Fsp3) is 0.333. The zero-order valence-electron chi connectivity index (χ0n) is 15.9. The number of halogens is 2. The van der Waals surface area contributed by atoms with E-state index in [0.29, 0.717) is 21.3 Å². The van der Waals surface area contributed by atoms with Gasteiger partial charge in [-0.05, 0) is 56.3 Å². The van der Waals surface area contributed by atoms with Crippen molar-refractivity contribution in [3.63, 3.8) is 0 Å². The van der Waals surface area contributed by atoms with Crippen molar-refractivity contribution in [3.8, 4) is 0 Å². The maximum Gasteiger partial charge on any atom is 0.241 e. The van der Waals surface area contributed by atoms with Gasteiger partial charge in [0, 0.05) is 53.2 Å². The molecule has 2 aromatic rings. The molecule has 148 valence electrons. The number of rotatable bonds is 5. The molecule has 1 aliphatic heterocycles. The van der Waals surface area contributed by atoms with Crippen LogP contribution in [0.4, 0.5) is 11.4 Å². The van der Waals surface area contributed by atoms with Crippen LogP contribution in [-0.4, -0.2) is 48.8 Å². The number of hydrogen-bond acceptors (Lipinski definition) is 4. The Bertz CT molecular complexity index is 842. The lowest BCUT2D eigenvalue weighted by Crippen LogP contribution is -2.52. The summed E-state index contributed by atoms with van der Waals surface area (Å²) in [6, 6.07) is 12.4. The molecule has 1 saturated heterocycles. The third-order valence-electron chi connectivity index (χ3n) is 5.01. The molecular formula is C21H23Cl2N3O2. The lowest BCUT2D eigenvalue weighted by molar-refractivity contribution is -0.120. The molecule has 7 heteroatoms. The number of benzene rings is 2. The summed E-state index contributed by atoms with van der Waals surface area (Å²) in [6.45, 7) is 6.66. The van der Waals surface area contributed by atoms with Crippen molar-refractivity contribution in [2.45, 2.75) is 19.9 Å². The first-order valence-corrected chi connectivity index (χ1v) is 9.96. The Balaban J connectivity index is 1.56. The van der Waals surface area contributed by atoms with Crippen molar-refractivity contribution < 1.29 is 9.59 Å². The van der Waals surface area contributed by atoms with Crippen LogP contribution in [-0.2, 0) is 4.79 Å². The van der Waals surface area contributed by atoms with E-state index in [1.54, 1.807) is 25.1 Å². The second kappa shape index (κ2) is 8.95. The fourth-order valence-corrected chi connectivity index (χ4v) is 3.84. The van der Waals surface area contributed by atoms with Gasteiger partial charge in [0.2, 0.25) is 5.91 Å². The lowest BCUT2D eigenvalue weighted by atomic mass is 10.1. The van der Waals surface area contributed by atoms with Gasteiger partial charge in [-0.15, -0.1) is 0 Å². The van der Waals surface area contributed by atoms with Gasteiger partial charge in [0.05, 0.1) is 6.04 Å². The largest absolute Gasteiger partial charge is 0.369 e. The van der Waals surface area contributed by atoms with Crippen LogP contribution in [0.15, 0.2) is 42.5 Å². The fourth-order valence-electron chi connectivity index (χ4n) is 3.31. The molecule has 1 aliphatic rings. The molecule has 0 bridgehead atoms. The summed E-state index contributed by atoms with van der Waals surface area (Å²) in [4.78, 5) is 28.4. The lowest BCUT2D eigenvalue weighted by Gasteiger charge is -2.38. The van der Waals surface area contributed by atoms with Crippen molar-refractivity contribution in [3.05, 3.63) is 58.1 Å². The molecule has 1 heterocycles. The average Bonchev–Trinajstić information content (AvgIpc) is 2.66. The molecule has 1 atom stereocenters. The van der Waals surface area contributed by atoms with E-state index in [0.717, 1.165) is 31.9 Å². The summed E-state index contributed by atoms with van der Waals surface area (Å²) in [7, 11) is 0. The van der Waals surface area contributed by atoms with Crippen LogP contribution in [0.1, 0.15) is 24.2 Å². The van der Waals surface area contributed by atoms with E-state index in [2.05, 4.69) is 15.1 Å². The van der Waals surface area contributed by atoms with Crippen molar-refractivity contribution in [1.82, 2.24) is 4.90 Å². The molecular weight excluding hydrogens is 397 g/mol. The molecule has 1 unspecified atom stereocenters. The minimum Gasteiger partial charge on any atom is -0.369 e. The Morgan fingerprint density at radius 3 is 2.07 bits per heavy atom. The molecule has 1 amide bonds. The molecule has 2 aromatic carbocycles. The minimum absolute atomic E-state index is 0.0668. The van der Waals surface area contributed by atoms with Crippen molar-refractivity contribution in [2.24, 2.45) is 0 Å². The van der Waals surface area contributed by atoms with Crippen LogP contribution in [0.5, 0.6) is 0 Å². The molecule has 0 aliphatic carbocycles. The van der Waals surface area contributed by atoms with Crippen LogP contribution < -0.4 is 10.2 Å². The molecule has 3 rings (SSSR count). The van der Waals surface area contributed by atoms with Gasteiger partial charge in [-0.25, -0.2) is 0 Å². The maximum atomic E-state index is 12.6. The highest BCUT2D eigenvalue weighted by molar-refractivity contribution is 6.35. The summed E-state index contributed by atoms with van der Waals surface area (Å²) in [5.41, 5.74) is 2.41. The first-order valence-electron chi connectivity index (χ1n) is 9.20. The number of carbonyl (C=O) groups is 2. The number of ketones is 1. The topological polar surface area (TPSA) is 52.7 Å². The smallest absolute Gasteiger partial charge is 0.241 e. The number of Topliss-reactive ketones (excluding diaryl/α,β-unsaturated/α-hetero) is 1. The van der Waals surface area contributed by atoms with Crippen molar-refractivity contribution in [1.29, 1.82) is 0 Å². The first kappa shape index (κ1) is 20.6. The number of piperazine rings is 1. The molecule has 0 aromatic heterocycles. The normalized spacial score (nSPS) is 15.9. The predicted molar refractivity (Wildman–Crippen MR) is 115 cm³/mol. The molecule has 1 N–H and O–H groups in total. The van der Waals surface area contributed by atoms with Crippen LogP contribution >= 0.6 is 23.2 Å². The van der Waals surface area contributed by atoms with Crippen LogP contribution in [0, 0.1) is 0 Å². The summed E-state index contributed by atoms with van der Waals surface area (Å²) in [5, 5.41) is 3.86. The number of nitrogens with one attached hydrogen (secondary N) is 1. The first-order chi connectivity index (χ1) is 13.3. The van der Waals surface area contributed by atoms with Gasteiger partial charge in [0.15, 0.2) is 5.78 Å². The van der Waals surface area contributed by atoms with Crippen LogP contribution in [0.2, 0.25) is 10.0 Å². The summed E-state index contributed by atoms with van der Waals surface area (Å²) in [6.07, 6.45) is 0. The molecule has 28 heavy (non-hydrogen) atoms. The summed E-state index contributed by atoms with van der Waals surface area (Å²) in [5.74, 6) is -0.0187. The molecule has 0 spiro atoms. The summed E-state index contributed by atoms with van der Waals surface area (Å²) >= 11 is 12.0. The van der Waals surface area contributed by atoms with Gasteiger partial charge in [-0.2, -0.15) is 0 Å². The monoisotopic (exact) mass is 419 g/mol. The Hall–Kier alpha value is -2.08. The van der Waals surface area contributed by atoms with E-state index in [-0.39, 0.29) is 17.7 Å². The summed E-state index contributed by atoms with van der Waals surface area (Å²) < 4.78 is 0. The zero-order valence-corrected chi connectivity index (χ0v) is 17.4. The van der Waals surface area contributed by atoms with E-state index < -0.39 is 0 Å². The third kappa shape index (κ3) is 5.04. The van der Waals surface area contributed by atoms with Crippen LogP contribution in [0.25, 0.3) is 0 Å². The van der Waals surface area contributed by atoms with Crippen LogP contribution in [0.3, 0.4) is 0 Å². The third-order valence-corrected chi connectivity index (χ3v) is 5.45. The average molecular weight is 420 g/mol. The van der Waals surface area contributed by atoms with Gasteiger partial charge in [0.25, 0.3) is 0 Å². The van der Waals surface area contributed by atoms with E-state index >= 15 is 0 Å². The highest BCUT2D eigenvalue weighted by Crippen LogP contribution is 2.23. The number of anilines is 2. The Morgan fingerprint density at radius 2 is 1.54 bits per heavy atom. The second-order valence-electron chi connectivity index (χ2n) is 6.95. The van der Waals surface area contributed by atoms with E-state index in [4.69, 9.17) is 23.2 Å². The predicted octanol–water partition coefficient (Wildman–Crippen LogP) is 4.35. The Kier molecular flexibility index (Phi) is 6.60. The Labute approximate surface area is 175 Å². The van der Waals surface area contributed by atoms with Gasteiger partial charge in [-0.3, -0.25) is 14.5 Å². The van der Waals surface area contributed by atoms with E-state index in [9.17, 15) is 9.59 Å². The Morgan fingerprint density at radius 1 is 0.964 bits per heavy atom. The maximum absolute atomic E-state index is 12.6. The molecule has 0 radical (unpaired) electrons. The molecule has 1 fully saturated rings. The second-order valence-corrected chi connectivity index (χ2v) is 7.82. The van der Waals surface area contributed by atoms with E-state index in [1.165, 1.54) is 0 Å². The minimum atomic E-state index is -0.264. The van der Waals surface area contributed by atoms with Gasteiger partial charge in [0.1, 0.15) is 0 Å². The van der Waals surface area contributed by atoms with E-state index in [1.807, 2.05) is 31.2 Å². The number of carbonyl (C=O) groups excluding carboxylic acids is 2. The molecule has 0 saturated carbocycles. The zero-order chi connectivity index (χ0) is 20.3. The number of amides is 1. The standard InChI is InChI=1S/C21H23Cl2N3O2/c1-14(21(28)24-19-12-17(22)11-18(23)13-19)25-7-9-26(10-8-25)20-5-3-16(4-6-20)15(2)27/h3-6,11-14H,7-10H2,1-2H3,(H,24,28). The number of nitrogens with zero attached hydrogens (tertiary/aromatic N) is 2.